The number of nitriles is 1. The quantitative estimate of drug-likeness (QED) is 0.743. The van der Waals surface area contributed by atoms with Crippen molar-refractivity contribution >= 4 is 17.8 Å². The molecule has 0 fully saturated rings. The maximum absolute atomic E-state index is 12.6. The van der Waals surface area contributed by atoms with Crippen molar-refractivity contribution in [1.29, 1.82) is 5.26 Å². The van der Waals surface area contributed by atoms with Gasteiger partial charge in [-0.05, 0) is 38.5 Å². The molecule has 0 bridgehead atoms. The van der Waals surface area contributed by atoms with E-state index < -0.39 is 24.0 Å². The van der Waals surface area contributed by atoms with Gasteiger partial charge < -0.3 is 15.0 Å². The van der Waals surface area contributed by atoms with E-state index in [2.05, 4.69) is 11.4 Å². The Balaban J connectivity index is 2.07. The summed E-state index contributed by atoms with van der Waals surface area (Å²) in [6.07, 6.45) is 0. The van der Waals surface area contributed by atoms with Crippen LogP contribution in [0, 0.1) is 11.3 Å². The van der Waals surface area contributed by atoms with Crippen LogP contribution >= 0.6 is 0 Å². The molecule has 2 amide bonds. The highest BCUT2D eigenvalue weighted by atomic mass is 16.5. The van der Waals surface area contributed by atoms with E-state index in [9.17, 15) is 19.6 Å². The van der Waals surface area contributed by atoms with Crippen molar-refractivity contribution in [2.24, 2.45) is 0 Å². The normalized spacial score (nSPS) is 10.6. The van der Waals surface area contributed by atoms with Crippen LogP contribution in [-0.4, -0.2) is 48.4 Å². The summed E-state index contributed by atoms with van der Waals surface area (Å²) in [5.74, 6) is -1.48. The monoisotopic (exact) mass is 407 g/mol. The van der Waals surface area contributed by atoms with Crippen molar-refractivity contribution in [3.63, 3.8) is 0 Å². The minimum atomic E-state index is -0.681. The second kappa shape index (κ2) is 9.70. The minimum Gasteiger partial charge on any atom is -0.452 e. The Bertz CT molecular complexity index is 986. The third-order valence-electron chi connectivity index (χ3n) is 4.13. The fourth-order valence-electron chi connectivity index (χ4n) is 2.79. The van der Waals surface area contributed by atoms with E-state index in [-0.39, 0.29) is 18.0 Å². The van der Waals surface area contributed by atoms with Crippen molar-refractivity contribution < 1.29 is 19.1 Å². The average molecular weight is 407 g/mol. The van der Waals surface area contributed by atoms with Crippen molar-refractivity contribution in [1.82, 2.24) is 10.2 Å². The lowest BCUT2D eigenvalue weighted by Crippen LogP contribution is -2.46. The lowest BCUT2D eigenvalue weighted by molar-refractivity contribution is -0.137. The summed E-state index contributed by atoms with van der Waals surface area (Å²) >= 11 is 0. The molecule has 0 aliphatic rings. The van der Waals surface area contributed by atoms with Crippen molar-refractivity contribution in [3.05, 3.63) is 59.7 Å². The largest absolute Gasteiger partial charge is 0.452 e. The molecule has 7 nitrogen and oxygen atoms in total. The van der Waals surface area contributed by atoms with Gasteiger partial charge in [0.1, 0.15) is 0 Å². The maximum Gasteiger partial charge on any atom is 0.339 e. The van der Waals surface area contributed by atoms with Crippen LogP contribution in [0.3, 0.4) is 0 Å². The van der Waals surface area contributed by atoms with E-state index >= 15 is 0 Å². The zero-order valence-corrected chi connectivity index (χ0v) is 17.6. The Hall–Kier alpha value is -3.66. The summed E-state index contributed by atoms with van der Waals surface area (Å²) in [4.78, 5) is 38.0. The van der Waals surface area contributed by atoms with Crippen LogP contribution < -0.4 is 5.32 Å². The minimum absolute atomic E-state index is 0.139. The fraction of sp³-hybridized carbons (Fsp3) is 0.304. The molecule has 0 heterocycles. The number of hydrogen-bond donors (Lipinski definition) is 1. The molecule has 0 radical (unpaired) electrons. The first-order valence-electron chi connectivity index (χ1n) is 9.43. The van der Waals surface area contributed by atoms with E-state index in [4.69, 9.17) is 4.74 Å². The van der Waals surface area contributed by atoms with Crippen molar-refractivity contribution in [2.45, 2.75) is 26.3 Å². The second-order valence-electron chi connectivity index (χ2n) is 7.83. The van der Waals surface area contributed by atoms with Crippen LogP contribution in [0.2, 0.25) is 0 Å². The number of rotatable bonds is 6. The maximum atomic E-state index is 12.6. The van der Waals surface area contributed by atoms with Crippen molar-refractivity contribution in [3.8, 4) is 17.2 Å². The molecule has 156 valence electrons. The lowest BCUT2D eigenvalue weighted by Gasteiger charge is -2.23. The Morgan fingerprint density at radius 1 is 1.03 bits per heavy atom. The molecular weight excluding hydrogens is 382 g/mol. The average Bonchev–Trinajstić information content (AvgIpc) is 2.70. The van der Waals surface area contributed by atoms with E-state index in [1.807, 2.05) is 20.8 Å². The summed E-state index contributed by atoms with van der Waals surface area (Å²) in [5, 5.41) is 12.1. The molecule has 0 atom stereocenters. The van der Waals surface area contributed by atoms with E-state index in [1.165, 1.54) is 11.9 Å². The van der Waals surface area contributed by atoms with Gasteiger partial charge in [0.2, 0.25) is 5.91 Å². The number of hydrogen-bond acceptors (Lipinski definition) is 5. The number of amides is 2. The van der Waals surface area contributed by atoms with Gasteiger partial charge in [0.05, 0.1) is 23.7 Å². The number of likely N-dealkylation sites (N-methyl/N-ethyl adjacent to an activating group) is 1. The number of esters is 1. The van der Waals surface area contributed by atoms with Crippen LogP contribution in [0.15, 0.2) is 48.5 Å². The van der Waals surface area contributed by atoms with Crippen LogP contribution in [0.5, 0.6) is 0 Å². The Kier molecular flexibility index (Phi) is 7.32. The highest BCUT2D eigenvalue weighted by molar-refractivity contribution is 5.99. The Morgan fingerprint density at radius 3 is 2.27 bits per heavy atom. The summed E-state index contributed by atoms with van der Waals surface area (Å²) in [7, 11) is 1.47. The molecule has 0 unspecified atom stereocenters. The number of nitrogens with zero attached hydrogens (tertiary/aromatic N) is 2. The molecule has 0 saturated carbocycles. The number of nitrogens with one attached hydrogen (secondary N) is 1. The second-order valence-corrected chi connectivity index (χ2v) is 7.83. The molecule has 2 aromatic carbocycles. The number of carbonyl (C=O) groups excluding carboxylic acids is 3. The van der Waals surface area contributed by atoms with Crippen LogP contribution in [0.25, 0.3) is 11.1 Å². The first-order chi connectivity index (χ1) is 14.1. The molecular formula is C23H25N3O4. The standard InChI is InChI=1S/C23H25N3O4/c1-23(2,3)25-20(27)14-26(4)21(28)15-30-22(29)19-12-8-7-11-18(19)17-10-6-5-9-16(17)13-24/h5-12H,14-15H2,1-4H3,(H,25,27). The Labute approximate surface area is 176 Å². The summed E-state index contributed by atoms with van der Waals surface area (Å²) in [6, 6.07) is 15.8. The molecule has 7 heteroatoms. The zero-order valence-electron chi connectivity index (χ0n) is 17.6. The van der Waals surface area contributed by atoms with Gasteiger partial charge in [0, 0.05) is 18.2 Å². The predicted octanol–water partition coefficient (Wildman–Crippen LogP) is 2.76. The SMILES string of the molecule is CN(CC(=O)NC(C)(C)C)C(=O)COC(=O)c1ccccc1-c1ccccc1C#N. The van der Waals surface area contributed by atoms with E-state index in [1.54, 1.807) is 48.5 Å². The highest BCUT2D eigenvalue weighted by Crippen LogP contribution is 2.27. The molecule has 2 rings (SSSR count). The number of benzene rings is 2. The third kappa shape index (κ3) is 6.17. The Morgan fingerprint density at radius 2 is 1.63 bits per heavy atom. The number of ether oxygens (including phenoxy) is 1. The van der Waals surface area contributed by atoms with Crippen LogP contribution in [0.4, 0.5) is 0 Å². The zero-order chi connectivity index (χ0) is 22.3. The van der Waals surface area contributed by atoms with Gasteiger partial charge in [0.25, 0.3) is 5.91 Å². The highest BCUT2D eigenvalue weighted by Gasteiger charge is 2.20. The summed E-state index contributed by atoms with van der Waals surface area (Å²) in [5.41, 5.74) is 1.43. The first kappa shape index (κ1) is 22.6. The lowest BCUT2D eigenvalue weighted by atomic mass is 9.96. The van der Waals surface area contributed by atoms with Gasteiger partial charge in [0.15, 0.2) is 6.61 Å². The van der Waals surface area contributed by atoms with E-state index in [0.717, 1.165) is 0 Å². The molecule has 1 N–H and O–H groups in total. The van der Waals surface area contributed by atoms with Gasteiger partial charge >= 0.3 is 5.97 Å². The predicted molar refractivity (Wildman–Crippen MR) is 112 cm³/mol. The molecule has 2 aromatic rings. The number of carbonyl (C=O) groups is 3. The molecule has 0 aromatic heterocycles. The van der Waals surface area contributed by atoms with Gasteiger partial charge in [-0.25, -0.2) is 4.79 Å². The van der Waals surface area contributed by atoms with Gasteiger partial charge in [-0.1, -0.05) is 36.4 Å². The fourth-order valence-corrected chi connectivity index (χ4v) is 2.79. The van der Waals surface area contributed by atoms with Gasteiger partial charge in [-0.2, -0.15) is 5.26 Å². The van der Waals surface area contributed by atoms with Gasteiger partial charge in [-0.3, -0.25) is 9.59 Å². The third-order valence-corrected chi connectivity index (χ3v) is 4.13. The van der Waals surface area contributed by atoms with Crippen molar-refractivity contribution in [2.75, 3.05) is 20.2 Å². The summed E-state index contributed by atoms with van der Waals surface area (Å²) in [6.45, 7) is 4.90. The smallest absolute Gasteiger partial charge is 0.339 e. The molecule has 0 aliphatic carbocycles. The molecule has 0 aliphatic heterocycles. The summed E-state index contributed by atoms with van der Waals surface area (Å²) < 4.78 is 5.18. The molecule has 0 spiro atoms. The first-order valence-corrected chi connectivity index (χ1v) is 9.43. The van der Waals surface area contributed by atoms with Gasteiger partial charge in [-0.15, -0.1) is 0 Å². The molecule has 30 heavy (non-hydrogen) atoms. The van der Waals surface area contributed by atoms with E-state index in [0.29, 0.717) is 16.7 Å². The van der Waals surface area contributed by atoms with Crippen LogP contribution in [0.1, 0.15) is 36.7 Å². The molecule has 0 saturated heterocycles. The van der Waals surface area contributed by atoms with Crippen LogP contribution in [-0.2, 0) is 14.3 Å². The topological polar surface area (TPSA) is 99.5 Å².